The predicted octanol–water partition coefficient (Wildman–Crippen LogP) is 6.64. The lowest BCUT2D eigenvalue weighted by atomic mass is 9.95. The van der Waals surface area contributed by atoms with E-state index in [0.717, 1.165) is 69.8 Å². The minimum Gasteiger partial charge on any atom is -0.383 e. The first kappa shape index (κ1) is 34.1. The molecule has 0 unspecified atom stereocenters. The standard InChI is InChI=1S/C36H44Cl2N8O3/c1-42-12-14-45(15-13-42)32-6-10-44(11-7-32)24-27-16-26(17-28(18-27)29-19-30(37)21-31(38)20-29)23-43-8-4-25(5-9-43)22-39-33-2-3-34(46(47)48)36-35(33)40-49-41-36/h2-3,16-21,25,32,39H,4-15,22-24H2,1H3. The number of hydrogen-bond donors (Lipinski definition) is 1. The highest BCUT2D eigenvalue weighted by molar-refractivity contribution is 6.35. The summed E-state index contributed by atoms with van der Waals surface area (Å²) < 4.78 is 4.82. The smallest absolute Gasteiger partial charge is 0.300 e. The maximum Gasteiger partial charge on any atom is 0.300 e. The molecule has 4 heterocycles. The molecule has 0 aliphatic carbocycles. The fourth-order valence-corrected chi connectivity index (χ4v) is 8.25. The largest absolute Gasteiger partial charge is 0.383 e. The Bertz CT molecular complexity index is 1740. The lowest BCUT2D eigenvalue weighted by molar-refractivity contribution is -0.383. The van der Waals surface area contributed by atoms with Crippen LogP contribution in [0.2, 0.25) is 10.0 Å². The molecule has 0 atom stereocenters. The molecular weight excluding hydrogens is 663 g/mol. The average Bonchev–Trinajstić information content (AvgIpc) is 3.59. The Hall–Kier alpha value is -3.32. The van der Waals surface area contributed by atoms with Crippen LogP contribution in [0.15, 0.2) is 53.2 Å². The number of anilines is 1. The quantitative estimate of drug-likeness (QED) is 0.142. The molecule has 7 rings (SSSR count). The SMILES string of the molecule is CN1CCN(C2CCN(Cc3cc(CN4CCC(CNc5ccc([N+](=O)[O-])c6nonc56)CC4)cc(-c4cc(Cl)cc(Cl)c4)c3)CC2)CC1. The second-order valence-electron chi connectivity index (χ2n) is 14.0. The van der Waals surface area contributed by atoms with E-state index < -0.39 is 4.92 Å². The number of likely N-dealkylation sites (N-methyl/N-ethyl adjacent to an activating group) is 1. The highest BCUT2D eigenvalue weighted by Gasteiger charge is 2.27. The zero-order chi connectivity index (χ0) is 33.9. The van der Waals surface area contributed by atoms with Gasteiger partial charge in [0.05, 0.1) is 10.6 Å². The number of non-ortho nitro benzene ring substituents is 1. The summed E-state index contributed by atoms with van der Waals surface area (Å²) in [7, 11) is 2.22. The van der Waals surface area contributed by atoms with Crippen LogP contribution in [0, 0.1) is 16.0 Å². The van der Waals surface area contributed by atoms with E-state index >= 15 is 0 Å². The minimum atomic E-state index is -0.465. The number of nitro groups is 1. The summed E-state index contributed by atoms with van der Waals surface area (Å²) in [6.45, 7) is 11.5. The summed E-state index contributed by atoms with van der Waals surface area (Å²) in [5.41, 5.74) is 5.99. The van der Waals surface area contributed by atoms with Crippen LogP contribution >= 0.6 is 23.2 Å². The van der Waals surface area contributed by atoms with Crippen LogP contribution in [0.3, 0.4) is 0 Å². The van der Waals surface area contributed by atoms with Crippen LogP contribution < -0.4 is 5.32 Å². The molecule has 3 saturated heterocycles. The van der Waals surface area contributed by atoms with Crippen molar-refractivity contribution in [1.29, 1.82) is 0 Å². The Labute approximate surface area is 297 Å². The maximum absolute atomic E-state index is 11.3. The maximum atomic E-state index is 11.3. The van der Waals surface area contributed by atoms with Gasteiger partial charge in [0.25, 0.3) is 0 Å². The van der Waals surface area contributed by atoms with Crippen molar-refractivity contribution in [3.05, 3.63) is 79.8 Å². The molecule has 3 aliphatic heterocycles. The molecule has 0 radical (unpaired) electrons. The van der Waals surface area contributed by atoms with E-state index in [0.29, 0.717) is 33.2 Å². The van der Waals surface area contributed by atoms with E-state index in [-0.39, 0.29) is 11.2 Å². The molecule has 11 nitrogen and oxygen atoms in total. The summed E-state index contributed by atoms with van der Waals surface area (Å²) in [5.74, 6) is 0.477. The molecule has 3 fully saturated rings. The van der Waals surface area contributed by atoms with Gasteiger partial charge in [-0.3, -0.25) is 24.8 Å². The Morgan fingerprint density at radius 3 is 2.02 bits per heavy atom. The van der Waals surface area contributed by atoms with Gasteiger partial charge >= 0.3 is 5.69 Å². The summed E-state index contributed by atoms with van der Waals surface area (Å²) in [6, 6.07) is 16.6. The predicted molar refractivity (Wildman–Crippen MR) is 194 cm³/mol. The average molecular weight is 708 g/mol. The van der Waals surface area contributed by atoms with Gasteiger partial charge in [0.1, 0.15) is 0 Å². The Balaban J connectivity index is 0.984. The summed E-state index contributed by atoms with van der Waals surface area (Å²) in [4.78, 5) is 21.2. The van der Waals surface area contributed by atoms with E-state index in [1.165, 1.54) is 56.2 Å². The Morgan fingerprint density at radius 1 is 0.796 bits per heavy atom. The highest BCUT2D eigenvalue weighted by Crippen LogP contribution is 2.32. The molecule has 0 bridgehead atoms. The number of piperazine rings is 1. The molecular formula is C36H44Cl2N8O3. The fourth-order valence-electron chi connectivity index (χ4n) is 7.72. The zero-order valence-electron chi connectivity index (χ0n) is 28.0. The number of nitro benzene ring substituents is 1. The van der Waals surface area contributed by atoms with Crippen molar-refractivity contribution in [3.63, 3.8) is 0 Å². The van der Waals surface area contributed by atoms with Gasteiger partial charge in [-0.15, -0.1) is 0 Å². The number of fused-ring (bicyclic) bond motifs is 1. The van der Waals surface area contributed by atoms with E-state index in [9.17, 15) is 10.1 Å². The summed E-state index contributed by atoms with van der Waals surface area (Å²) in [6.07, 6.45) is 4.57. The highest BCUT2D eigenvalue weighted by atomic mass is 35.5. The second-order valence-corrected chi connectivity index (χ2v) is 14.9. The van der Waals surface area contributed by atoms with Crippen molar-refractivity contribution in [3.8, 4) is 11.1 Å². The van der Waals surface area contributed by atoms with Gasteiger partial charge < -0.3 is 10.2 Å². The third-order valence-electron chi connectivity index (χ3n) is 10.6. The third-order valence-corrected chi connectivity index (χ3v) is 11.0. The van der Waals surface area contributed by atoms with Gasteiger partial charge in [-0.05, 0) is 134 Å². The number of likely N-dealkylation sites (tertiary alicyclic amines) is 2. The first-order chi connectivity index (χ1) is 23.8. The van der Waals surface area contributed by atoms with Crippen LogP contribution in [-0.4, -0.2) is 107 Å². The minimum absolute atomic E-state index is 0.105. The molecule has 1 N–H and O–H groups in total. The lowest BCUT2D eigenvalue weighted by Gasteiger charge is -2.42. The van der Waals surface area contributed by atoms with Crippen molar-refractivity contribution >= 4 is 45.6 Å². The van der Waals surface area contributed by atoms with Gasteiger partial charge in [-0.1, -0.05) is 29.3 Å². The van der Waals surface area contributed by atoms with Gasteiger partial charge in [0.2, 0.25) is 5.52 Å². The van der Waals surface area contributed by atoms with E-state index in [1.807, 2.05) is 12.1 Å². The van der Waals surface area contributed by atoms with Crippen molar-refractivity contribution in [2.75, 3.05) is 71.3 Å². The van der Waals surface area contributed by atoms with E-state index in [4.69, 9.17) is 27.8 Å². The molecule has 1 aromatic heterocycles. The number of rotatable bonds is 10. The number of nitrogens with zero attached hydrogens (tertiary/aromatic N) is 7. The molecule has 0 saturated carbocycles. The van der Waals surface area contributed by atoms with Crippen LogP contribution in [0.1, 0.15) is 36.8 Å². The molecule has 260 valence electrons. The van der Waals surface area contributed by atoms with Crippen LogP contribution in [0.5, 0.6) is 0 Å². The molecule has 3 aliphatic rings. The first-order valence-electron chi connectivity index (χ1n) is 17.4. The normalized spacial score (nSPS) is 19.5. The first-order valence-corrected chi connectivity index (χ1v) is 18.1. The molecule has 4 aromatic rings. The number of halogens is 2. The molecule has 13 heteroatoms. The van der Waals surface area contributed by atoms with Gasteiger partial charge in [-0.2, -0.15) is 0 Å². The van der Waals surface area contributed by atoms with Gasteiger partial charge in [0.15, 0.2) is 5.52 Å². The number of piperidine rings is 2. The van der Waals surface area contributed by atoms with Crippen molar-refractivity contribution in [1.82, 2.24) is 29.9 Å². The van der Waals surface area contributed by atoms with Crippen molar-refractivity contribution < 1.29 is 9.55 Å². The fraction of sp³-hybridized carbons (Fsp3) is 0.500. The Morgan fingerprint density at radius 2 is 1.39 bits per heavy atom. The topological polar surface area (TPSA) is 107 Å². The second kappa shape index (κ2) is 15.3. The summed E-state index contributed by atoms with van der Waals surface area (Å²) in [5, 5.41) is 23.7. The van der Waals surface area contributed by atoms with Crippen LogP contribution in [-0.2, 0) is 13.1 Å². The molecule has 3 aromatic carbocycles. The number of benzene rings is 3. The van der Waals surface area contributed by atoms with Crippen molar-refractivity contribution in [2.45, 2.75) is 44.8 Å². The number of aromatic nitrogens is 2. The number of nitrogens with one attached hydrogen (secondary N) is 1. The van der Waals surface area contributed by atoms with Gasteiger partial charge in [-0.25, -0.2) is 4.63 Å². The summed E-state index contributed by atoms with van der Waals surface area (Å²) >= 11 is 12.9. The lowest BCUT2D eigenvalue weighted by Crippen LogP contribution is -2.52. The van der Waals surface area contributed by atoms with Gasteiger partial charge in [0, 0.05) is 68.0 Å². The zero-order valence-corrected chi connectivity index (χ0v) is 29.5. The molecule has 0 spiro atoms. The van der Waals surface area contributed by atoms with Crippen molar-refractivity contribution in [2.24, 2.45) is 5.92 Å². The monoisotopic (exact) mass is 706 g/mol. The van der Waals surface area contributed by atoms with E-state index in [2.05, 4.69) is 60.5 Å². The molecule has 49 heavy (non-hydrogen) atoms. The third kappa shape index (κ3) is 8.36. The number of hydrogen-bond acceptors (Lipinski definition) is 10. The molecule has 0 amide bonds. The van der Waals surface area contributed by atoms with E-state index in [1.54, 1.807) is 12.1 Å². The van der Waals surface area contributed by atoms with Crippen LogP contribution in [0.4, 0.5) is 11.4 Å². The Kier molecular flexibility index (Phi) is 10.7. The van der Waals surface area contributed by atoms with Crippen LogP contribution in [0.25, 0.3) is 22.2 Å².